The van der Waals surface area contributed by atoms with Gasteiger partial charge in [0.15, 0.2) is 0 Å². The molecule has 0 amide bonds. The second kappa shape index (κ2) is 9.67. The number of nitrogens with zero attached hydrogens (tertiary/aromatic N) is 2. The minimum Gasteiger partial charge on any atom is -0.368 e. The Bertz CT molecular complexity index is 867. The highest BCUT2D eigenvalue weighted by atomic mass is 35.5. The minimum absolute atomic E-state index is 0.429. The lowest BCUT2D eigenvalue weighted by molar-refractivity contribution is 0.251. The van der Waals surface area contributed by atoms with Gasteiger partial charge in [-0.25, -0.2) is 0 Å². The van der Waals surface area contributed by atoms with Crippen LogP contribution >= 0.6 is 23.2 Å². The summed E-state index contributed by atoms with van der Waals surface area (Å²) in [5.41, 5.74) is 3.83. The Morgan fingerprint density at radius 3 is 1.86 bits per heavy atom. The van der Waals surface area contributed by atoms with Crippen LogP contribution in [0.15, 0.2) is 78.9 Å². The van der Waals surface area contributed by atoms with Crippen molar-refractivity contribution < 1.29 is 0 Å². The molecule has 0 unspecified atom stereocenters. The fourth-order valence-electron chi connectivity index (χ4n) is 4.16. The van der Waals surface area contributed by atoms with Crippen molar-refractivity contribution in [3.05, 3.63) is 100 Å². The van der Waals surface area contributed by atoms with Crippen LogP contribution in [0.1, 0.15) is 23.5 Å². The summed E-state index contributed by atoms with van der Waals surface area (Å²) in [6.07, 6.45) is 1.12. The zero-order valence-corrected chi connectivity index (χ0v) is 18.0. The van der Waals surface area contributed by atoms with E-state index in [2.05, 4.69) is 76.5 Å². The lowest BCUT2D eigenvalue weighted by atomic mass is 9.88. The van der Waals surface area contributed by atoms with Gasteiger partial charge >= 0.3 is 0 Å². The number of benzene rings is 3. The highest BCUT2D eigenvalue weighted by molar-refractivity contribution is 6.43. The Hall–Kier alpha value is -2.00. The van der Waals surface area contributed by atoms with Gasteiger partial charge in [-0.2, -0.15) is 0 Å². The molecule has 29 heavy (non-hydrogen) atoms. The van der Waals surface area contributed by atoms with E-state index in [4.69, 9.17) is 23.2 Å². The first kappa shape index (κ1) is 20.3. The minimum atomic E-state index is 0.429. The highest BCUT2D eigenvalue weighted by Crippen LogP contribution is 2.33. The average Bonchev–Trinajstić information content (AvgIpc) is 2.78. The van der Waals surface area contributed by atoms with Gasteiger partial charge in [0.1, 0.15) is 0 Å². The number of halogens is 2. The average molecular weight is 425 g/mol. The molecule has 150 valence electrons. The zero-order chi connectivity index (χ0) is 20.1. The molecule has 0 spiro atoms. The van der Waals surface area contributed by atoms with Gasteiger partial charge < -0.3 is 4.90 Å². The molecule has 0 bridgehead atoms. The fourth-order valence-corrected chi connectivity index (χ4v) is 4.57. The first-order valence-corrected chi connectivity index (χ1v) is 11.0. The molecule has 4 rings (SSSR count). The lowest BCUT2D eigenvalue weighted by Gasteiger charge is -2.37. The van der Waals surface area contributed by atoms with E-state index in [-0.39, 0.29) is 0 Å². The zero-order valence-electron chi connectivity index (χ0n) is 16.5. The van der Waals surface area contributed by atoms with Gasteiger partial charge in [-0.1, -0.05) is 89.9 Å². The fraction of sp³-hybridized carbons (Fsp3) is 0.280. The van der Waals surface area contributed by atoms with E-state index in [9.17, 15) is 0 Å². The van der Waals surface area contributed by atoms with Crippen molar-refractivity contribution in [3.63, 3.8) is 0 Å². The van der Waals surface area contributed by atoms with E-state index >= 15 is 0 Å². The summed E-state index contributed by atoms with van der Waals surface area (Å²) in [6, 6.07) is 27.6. The molecule has 3 aromatic carbocycles. The van der Waals surface area contributed by atoms with E-state index in [0.717, 1.165) is 44.8 Å². The van der Waals surface area contributed by atoms with Crippen LogP contribution in [0.3, 0.4) is 0 Å². The van der Waals surface area contributed by atoms with Crippen molar-refractivity contribution in [3.8, 4) is 0 Å². The molecule has 0 saturated carbocycles. The molecule has 1 heterocycles. The molecule has 1 aliphatic heterocycles. The molecule has 0 aromatic heterocycles. The summed E-state index contributed by atoms with van der Waals surface area (Å²) in [5.74, 6) is 0.429. The standard InChI is InChI=1S/C25H26Cl2N2/c26-23-12-7-13-24(25(23)27)29-18-16-28(17-19-29)15-14-22(20-8-3-1-4-9-20)21-10-5-2-6-11-21/h1-13,22H,14-19H2. The molecule has 1 fully saturated rings. The van der Waals surface area contributed by atoms with E-state index in [0.29, 0.717) is 16.0 Å². The predicted molar refractivity (Wildman–Crippen MR) is 124 cm³/mol. The van der Waals surface area contributed by atoms with E-state index in [1.54, 1.807) is 0 Å². The maximum Gasteiger partial charge on any atom is 0.0825 e. The Kier molecular flexibility index (Phi) is 6.76. The molecule has 0 radical (unpaired) electrons. The number of anilines is 1. The molecule has 1 aliphatic rings. The quantitative estimate of drug-likeness (QED) is 0.455. The number of piperazine rings is 1. The van der Waals surface area contributed by atoms with E-state index in [1.165, 1.54) is 11.1 Å². The first-order valence-electron chi connectivity index (χ1n) is 10.2. The van der Waals surface area contributed by atoms with Crippen molar-refractivity contribution in [2.24, 2.45) is 0 Å². The van der Waals surface area contributed by atoms with Crippen molar-refractivity contribution in [1.29, 1.82) is 0 Å². The van der Waals surface area contributed by atoms with Crippen LogP contribution in [0.4, 0.5) is 5.69 Å². The highest BCUT2D eigenvalue weighted by Gasteiger charge is 2.21. The smallest absolute Gasteiger partial charge is 0.0825 e. The topological polar surface area (TPSA) is 6.48 Å². The van der Waals surface area contributed by atoms with Gasteiger partial charge in [0.05, 0.1) is 15.7 Å². The van der Waals surface area contributed by atoms with Crippen molar-refractivity contribution >= 4 is 28.9 Å². The Balaban J connectivity index is 1.39. The summed E-state index contributed by atoms with van der Waals surface area (Å²) >= 11 is 12.6. The molecule has 4 heteroatoms. The van der Waals surface area contributed by atoms with Crippen molar-refractivity contribution in [2.75, 3.05) is 37.6 Å². The summed E-state index contributed by atoms with van der Waals surface area (Å²) in [6.45, 7) is 5.12. The summed E-state index contributed by atoms with van der Waals surface area (Å²) in [5, 5.41) is 1.29. The third-order valence-electron chi connectivity index (χ3n) is 5.78. The normalized spacial score (nSPS) is 15.1. The van der Waals surface area contributed by atoms with Gasteiger partial charge in [-0.3, -0.25) is 4.90 Å². The monoisotopic (exact) mass is 424 g/mol. The molecular weight excluding hydrogens is 399 g/mol. The van der Waals surface area contributed by atoms with E-state index in [1.807, 2.05) is 12.1 Å². The van der Waals surface area contributed by atoms with Gasteiger partial charge in [-0.15, -0.1) is 0 Å². The summed E-state index contributed by atoms with van der Waals surface area (Å²) in [7, 11) is 0. The lowest BCUT2D eigenvalue weighted by Crippen LogP contribution is -2.47. The van der Waals surface area contributed by atoms with Crippen molar-refractivity contribution in [1.82, 2.24) is 4.90 Å². The van der Waals surface area contributed by atoms with Crippen LogP contribution in [0, 0.1) is 0 Å². The molecule has 1 saturated heterocycles. The summed E-state index contributed by atoms with van der Waals surface area (Å²) < 4.78 is 0. The molecular formula is C25H26Cl2N2. The molecule has 2 nitrogen and oxygen atoms in total. The second-order valence-corrected chi connectivity index (χ2v) is 8.35. The van der Waals surface area contributed by atoms with Crippen LogP contribution in [-0.4, -0.2) is 37.6 Å². The van der Waals surface area contributed by atoms with Crippen LogP contribution in [0.2, 0.25) is 10.0 Å². The molecule has 0 N–H and O–H groups in total. The van der Waals surface area contributed by atoms with Crippen LogP contribution in [0.25, 0.3) is 0 Å². The van der Waals surface area contributed by atoms with Crippen LogP contribution < -0.4 is 4.90 Å². The number of rotatable bonds is 6. The maximum absolute atomic E-state index is 6.41. The predicted octanol–water partition coefficient (Wildman–Crippen LogP) is 6.34. The van der Waals surface area contributed by atoms with Gasteiger partial charge in [0.2, 0.25) is 0 Å². The second-order valence-electron chi connectivity index (χ2n) is 7.56. The van der Waals surface area contributed by atoms with Gasteiger partial charge in [0, 0.05) is 32.1 Å². The van der Waals surface area contributed by atoms with E-state index < -0.39 is 0 Å². The number of hydrogen-bond donors (Lipinski definition) is 0. The van der Waals surface area contributed by atoms with Crippen LogP contribution in [0.5, 0.6) is 0 Å². The van der Waals surface area contributed by atoms with Crippen molar-refractivity contribution in [2.45, 2.75) is 12.3 Å². The molecule has 0 atom stereocenters. The SMILES string of the molecule is Clc1cccc(N2CCN(CCC(c3ccccc3)c3ccccc3)CC2)c1Cl. The third-order valence-corrected chi connectivity index (χ3v) is 6.59. The Morgan fingerprint density at radius 1 is 0.690 bits per heavy atom. The first-order chi connectivity index (χ1) is 14.2. The molecule has 0 aliphatic carbocycles. The Morgan fingerprint density at radius 2 is 1.28 bits per heavy atom. The third kappa shape index (κ3) is 4.95. The largest absolute Gasteiger partial charge is 0.368 e. The van der Waals surface area contributed by atoms with Gasteiger partial charge in [-0.05, 0) is 36.2 Å². The maximum atomic E-state index is 6.41. The number of hydrogen-bond acceptors (Lipinski definition) is 2. The summed E-state index contributed by atoms with van der Waals surface area (Å²) in [4.78, 5) is 4.91. The Labute approximate surface area is 183 Å². The molecule has 3 aromatic rings. The van der Waals surface area contributed by atoms with Crippen LogP contribution in [-0.2, 0) is 0 Å². The van der Waals surface area contributed by atoms with Gasteiger partial charge in [0.25, 0.3) is 0 Å².